The summed E-state index contributed by atoms with van der Waals surface area (Å²) >= 11 is 5.83. The predicted octanol–water partition coefficient (Wildman–Crippen LogP) is 4.73. The molecule has 0 atom stereocenters. The molecule has 0 aliphatic heterocycles. The largest absolute Gasteiger partial charge is 0.322 e. The Morgan fingerprint density at radius 2 is 1.46 bits per heavy atom. The Hall–Kier alpha value is -2.83. The molecule has 3 rings (SSSR count). The van der Waals surface area contributed by atoms with Gasteiger partial charge in [-0.25, -0.2) is 8.42 Å². The van der Waals surface area contributed by atoms with Crippen LogP contribution in [0, 0.1) is 6.92 Å². The number of sulfonamides is 1. The maximum Gasteiger partial charge on any atom is 0.264 e. The lowest BCUT2D eigenvalue weighted by molar-refractivity contribution is 0.102. The number of carbonyl (C=O) groups excluding carboxylic acids is 1. The highest BCUT2D eigenvalue weighted by Crippen LogP contribution is 2.23. The molecule has 0 radical (unpaired) electrons. The van der Waals surface area contributed by atoms with E-state index in [9.17, 15) is 13.2 Å². The minimum absolute atomic E-state index is 0.213. The first-order valence-electron chi connectivity index (χ1n) is 8.50. The van der Waals surface area contributed by atoms with Crippen LogP contribution in [0.25, 0.3) is 0 Å². The third-order valence-corrected chi connectivity index (χ3v) is 6.33. The van der Waals surface area contributed by atoms with Crippen LogP contribution in [-0.2, 0) is 10.0 Å². The van der Waals surface area contributed by atoms with Gasteiger partial charge in [-0.05, 0) is 67.6 Å². The smallest absolute Gasteiger partial charge is 0.264 e. The fourth-order valence-electron chi connectivity index (χ4n) is 2.57. The SMILES string of the molecule is Cc1ccc(S(=O)(=O)N(C)c2ccc(C(=O)Nc3ccc(Cl)cc3)cc2)cc1. The fraction of sp³-hybridized carbons (Fsp3) is 0.0952. The van der Waals surface area contributed by atoms with Gasteiger partial charge in [0.2, 0.25) is 0 Å². The first-order valence-corrected chi connectivity index (χ1v) is 10.3. The van der Waals surface area contributed by atoms with Crippen molar-refractivity contribution in [2.45, 2.75) is 11.8 Å². The van der Waals surface area contributed by atoms with Gasteiger partial charge in [-0.15, -0.1) is 0 Å². The van der Waals surface area contributed by atoms with Gasteiger partial charge in [0.25, 0.3) is 15.9 Å². The second-order valence-electron chi connectivity index (χ2n) is 6.29. The van der Waals surface area contributed by atoms with Crippen LogP contribution in [0.5, 0.6) is 0 Å². The molecule has 0 saturated heterocycles. The topological polar surface area (TPSA) is 66.5 Å². The maximum absolute atomic E-state index is 12.8. The molecule has 7 heteroatoms. The number of nitrogens with zero attached hydrogens (tertiary/aromatic N) is 1. The van der Waals surface area contributed by atoms with Crippen molar-refractivity contribution in [3.63, 3.8) is 0 Å². The number of nitrogens with one attached hydrogen (secondary N) is 1. The molecular weight excluding hydrogens is 396 g/mol. The Labute approximate surface area is 169 Å². The van der Waals surface area contributed by atoms with Crippen molar-refractivity contribution in [1.29, 1.82) is 0 Å². The summed E-state index contributed by atoms with van der Waals surface area (Å²) in [6, 6.07) is 19.8. The highest BCUT2D eigenvalue weighted by Gasteiger charge is 2.21. The molecule has 5 nitrogen and oxygen atoms in total. The number of rotatable bonds is 5. The van der Waals surface area contributed by atoms with E-state index in [2.05, 4.69) is 5.32 Å². The molecule has 0 aliphatic rings. The fourth-order valence-corrected chi connectivity index (χ4v) is 3.89. The number of amides is 1. The molecule has 0 bridgehead atoms. The molecule has 0 heterocycles. The van der Waals surface area contributed by atoms with E-state index in [-0.39, 0.29) is 10.8 Å². The van der Waals surface area contributed by atoms with Crippen LogP contribution in [-0.4, -0.2) is 21.4 Å². The van der Waals surface area contributed by atoms with Crippen molar-refractivity contribution in [3.05, 3.63) is 88.9 Å². The number of anilines is 2. The van der Waals surface area contributed by atoms with E-state index >= 15 is 0 Å². The zero-order valence-corrected chi connectivity index (χ0v) is 17.0. The van der Waals surface area contributed by atoms with E-state index in [4.69, 9.17) is 11.6 Å². The van der Waals surface area contributed by atoms with Crippen LogP contribution in [0.2, 0.25) is 5.02 Å². The third-order valence-electron chi connectivity index (χ3n) is 4.27. The lowest BCUT2D eigenvalue weighted by atomic mass is 10.2. The lowest BCUT2D eigenvalue weighted by Crippen LogP contribution is -2.26. The summed E-state index contributed by atoms with van der Waals surface area (Å²) in [6.45, 7) is 1.90. The molecule has 0 saturated carbocycles. The first kappa shape index (κ1) is 19.9. The van der Waals surface area contributed by atoms with Gasteiger partial charge in [0.1, 0.15) is 0 Å². The van der Waals surface area contributed by atoms with E-state index in [1.807, 2.05) is 6.92 Å². The average molecular weight is 415 g/mol. The quantitative estimate of drug-likeness (QED) is 0.656. The predicted molar refractivity (Wildman–Crippen MR) is 113 cm³/mol. The standard InChI is InChI=1S/C21H19ClN2O3S/c1-15-3-13-20(14-4-15)28(26,27)24(2)19-11-5-16(6-12-19)21(25)23-18-9-7-17(22)8-10-18/h3-14H,1-2H3,(H,23,25). The van der Waals surface area contributed by atoms with E-state index < -0.39 is 10.0 Å². The van der Waals surface area contributed by atoms with Crippen LogP contribution in [0.3, 0.4) is 0 Å². The molecule has 1 amide bonds. The van der Waals surface area contributed by atoms with E-state index in [0.29, 0.717) is 22.0 Å². The monoisotopic (exact) mass is 414 g/mol. The van der Waals surface area contributed by atoms with Crippen molar-refractivity contribution in [2.24, 2.45) is 0 Å². The molecule has 3 aromatic rings. The van der Waals surface area contributed by atoms with Crippen LogP contribution in [0.15, 0.2) is 77.7 Å². The van der Waals surface area contributed by atoms with Crippen molar-refractivity contribution >= 4 is 38.9 Å². The van der Waals surface area contributed by atoms with Crippen molar-refractivity contribution in [3.8, 4) is 0 Å². The molecule has 3 aromatic carbocycles. The normalized spacial score (nSPS) is 11.1. The summed E-state index contributed by atoms with van der Waals surface area (Å²) in [5.41, 5.74) is 2.48. The molecule has 0 aliphatic carbocycles. The van der Waals surface area contributed by atoms with Gasteiger partial charge in [-0.3, -0.25) is 9.10 Å². The van der Waals surface area contributed by atoms with Crippen molar-refractivity contribution in [1.82, 2.24) is 0 Å². The Balaban J connectivity index is 1.76. The summed E-state index contributed by atoms with van der Waals surface area (Å²) < 4.78 is 26.7. The molecule has 0 unspecified atom stereocenters. The summed E-state index contributed by atoms with van der Waals surface area (Å²) in [5, 5.41) is 3.35. The zero-order chi connectivity index (χ0) is 20.3. The molecule has 144 valence electrons. The number of halogens is 1. The molecule has 28 heavy (non-hydrogen) atoms. The van der Waals surface area contributed by atoms with Gasteiger partial charge < -0.3 is 5.32 Å². The summed E-state index contributed by atoms with van der Waals surface area (Å²) in [6.07, 6.45) is 0. The highest BCUT2D eigenvalue weighted by molar-refractivity contribution is 7.92. The summed E-state index contributed by atoms with van der Waals surface area (Å²) in [4.78, 5) is 12.6. The third kappa shape index (κ3) is 4.35. The summed E-state index contributed by atoms with van der Waals surface area (Å²) in [5.74, 6) is -0.294. The second kappa shape index (κ2) is 8.04. The molecule has 0 aromatic heterocycles. The van der Waals surface area contributed by atoms with Crippen LogP contribution >= 0.6 is 11.6 Å². The van der Waals surface area contributed by atoms with Gasteiger partial charge in [0, 0.05) is 23.3 Å². The summed E-state index contributed by atoms with van der Waals surface area (Å²) in [7, 11) is -2.19. The van der Waals surface area contributed by atoms with E-state index in [1.54, 1.807) is 72.8 Å². The first-order chi connectivity index (χ1) is 13.3. The van der Waals surface area contributed by atoms with E-state index in [0.717, 1.165) is 5.56 Å². The Bertz CT molecular complexity index is 1080. The highest BCUT2D eigenvalue weighted by atomic mass is 35.5. The number of benzene rings is 3. The Morgan fingerprint density at radius 1 is 0.893 bits per heavy atom. The minimum atomic E-state index is -3.67. The molecule has 0 fully saturated rings. The number of aryl methyl sites for hydroxylation is 1. The molecule has 1 N–H and O–H groups in total. The van der Waals surface area contributed by atoms with E-state index in [1.165, 1.54) is 11.4 Å². The van der Waals surface area contributed by atoms with Crippen LogP contribution in [0.4, 0.5) is 11.4 Å². The van der Waals surface area contributed by atoms with Crippen LogP contribution in [0.1, 0.15) is 15.9 Å². The Morgan fingerprint density at radius 3 is 2.04 bits per heavy atom. The van der Waals surface area contributed by atoms with Gasteiger partial charge >= 0.3 is 0 Å². The second-order valence-corrected chi connectivity index (χ2v) is 8.70. The van der Waals surface area contributed by atoms with Gasteiger partial charge in [0.15, 0.2) is 0 Å². The molecule has 0 spiro atoms. The zero-order valence-electron chi connectivity index (χ0n) is 15.4. The number of hydrogen-bond acceptors (Lipinski definition) is 3. The average Bonchev–Trinajstić information content (AvgIpc) is 2.69. The lowest BCUT2D eigenvalue weighted by Gasteiger charge is -2.20. The van der Waals surface area contributed by atoms with Gasteiger partial charge in [0.05, 0.1) is 10.6 Å². The van der Waals surface area contributed by atoms with Crippen molar-refractivity contribution < 1.29 is 13.2 Å². The number of hydrogen-bond donors (Lipinski definition) is 1. The number of carbonyl (C=O) groups is 1. The van der Waals surface area contributed by atoms with Gasteiger partial charge in [-0.2, -0.15) is 0 Å². The molecular formula is C21H19ClN2O3S. The maximum atomic E-state index is 12.8. The minimum Gasteiger partial charge on any atom is -0.322 e. The Kier molecular flexibility index (Phi) is 5.72. The van der Waals surface area contributed by atoms with Crippen LogP contribution < -0.4 is 9.62 Å². The van der Waals surface area contributed by atoms with Gasteiger partial charge in [-0.1, -0.05) is 29.3 Å². The van der Waals surface area contributed by atoms with Crippen molar-refractivity contribution in [2.75, 3.05) is 16.7 Å².